The highest BCUT2D eigenvalue weighted by molar-refractivity contribution is 7.91. The molecule has 1 fully saturated rings. The molecule has 0 bridgehead atoms. The molecule has 1 aromatic carbocycles. The van der Waals surface area contributed by atoms with Crippen molar-refractivity contribution in [3.63, 3.8) is 0 Å². The fourth-order valence-corrected chi connectivity index (χ4v) is 6.13. The van der Waals surface area contributed by atoms with Crippen molar-refractivity contribution >= 4 is 21.2 Å². The molecule has 0 aliphatic carbocycles. The molecule has 1 aliphatic heterocycles. The Balaban J connectivity index is 1.54. The van der Waals surface area contributed by atoms with Crippen LogP contribution in [0.4, 0.5) is 0 Å². The quantitative estimate of drug-likeness (QED) is 0.564. The predicted molar refractivity (Wildman–Crippen MR) is 114 cm³/mol. The third-order valence-corrected chi connectivity index (χ3v) is 7.79. The number of ether oxygens (including phenoxy) is 1. The number of hydrogen-bond acceptors (Lipinski definition) is 7. The van der Waals surface area contributed by atoms with E-state index in [1.807, 2.05) is 48.7 Å². The van der Waals surface area contributed by atoms with Gasteiger partial charge >= 0.3 is 0 Å². The van der Waals surface area contributed by atoms with E-state index in [0.29, 0.717) is 19.5 Å². The summed E-state index contributed by atoms with van der Waals surface area (Å²) in [5, 5.41) is 2.87. The summed E-state index contributed by atoms with van der Waals surface area (Å²) in [7, 11) is -1.32. The van der Waals surface area contributed by atoms with Crippen molar-refractivity contribution in [3.05, 3.63) is 58.8 Å². The van der Waals surface area contributed by atoms with Crippen LogP contribution in [-0.4, -0.2) is 43.0 Å². The zero-order valence-electron chi connectivity index (χ0n) is 16.5. The van der Waals surface area contributed by atoms with Crippen LogP contribution >= 0.6 is 11.3 Å². The summed E-state index contributed by atoms with van der Waals surface area (Å²) in [5.74, 6) is 2.89. The van der Waals surface area contributed by atoms with E-state index >= 15 is 0 Å². The average molecular weight is 433 g/mol. The summed E-state index contributed by atoms with van der Waals surface area (Å²) in [4.78, 5) is 6.94. The molecule has 1 saturated heterocycles. The van der Waals surface area contributed by atoms with Gasteiger partial charge in [0, 0.05) is 24.5 Å². The van der Waals surface area contributed by atoms with Gasteiger partial charge in [0.05, 0.1) is 24.3 Å². The molecule has 4 rings (SSSR count). The number of sulfone groups is 1. The third kappa shape index (κ3) is 4.88. The minimum absolute atomic E-state index is 0.00175. The van der Waals surface area contributed by atoms with Gasteiger partial charge in [-0.2, -0.15) is 0 Å². The lowest BCUT2D eigenvalue weighted by atomic mass is 10.1. The van der Waals surface area contributed by atoms with Gasteiger partial charge in [-0.05, 0) is 43.2 Å². The number of aromatic nitrogens is 1. The molecule has 3 aromatic rings. The van der Waals surface area contributed by atoms with Crippen LogP contribution in [0.15, 0.2) is 46.2 Å². The number of furan rings is 1. The van der Waals surface area contributed by atoms with E-state index in [2.05, 4.69) is 4.90 Å². The molecule has 3 heterocycles. The second kappa shape index (κ2) is 8.30. The number of rotatable bonds is 7. The minimum atomic E-state index is -2.97. The molecule has 8 heteroatoms. The summed E-state index contributed by atoms with van der Waals surface area (Å²) in [6.07, 6.45) is 0.660. The second-order valence-corrected chi connectivity index (χ2v) is 10.5. The maximum atomic E-state index is 12.1. The van der Waals surface area contributed by atoms with Crippen LogP contribution in [0, 0.1) is 6.92 Å². The topological polar surface area (TPSA) is 72.6 Å². The lowest BCUT2D eigenvalue weighted by molar-refractivity contribution is 0.192. The van der Waals surface area contributed by atoms with Crippen molar-refractivity contribution in [2.75, 3.05) is 18.6 Å². The summed E-state index contributed by atoms with van der Waals surface area (Å²) in [6, 6.07) is 11.8. The molecule has 0 radical (unpaired) electrons. The normalized spacial score (nSPS) is 18.4. The summed E-state index contributed by atoms with van der Waals surface area (Å²) >= 11 is 1.55. The molecule has 0 amide bonds. The lowest BCUT2D eigenvalue weighted by Gasteiger charge is -2.27. The van der Waals surface area contributed by atoms with E-state index in [9.17, 15) is 8.42 Å². The molecule has 6 nitrogen and oxygen atoms in total. The van der Waals surface area contributed by atoms with Gasteiger partial charge in [0.2, 0.25) is 0 Å². The summed E-state index contributed by atoms with van der Waals surface area (Å²) < 4.78 is 35.0. The molecule has 2 aromatic heterocycles. The molecular weight excluding hydrogens is 408 g/mol. The molecule has 29 heavy (non-hydrogen) atoms. The van der Waals surface area contributed by atoms with Crippen molar-refractivity contribution in [2.45, 2.75) is 32.5 Å². The number of nitrogens with zero attached hydrogens (tertiary/aromatic N) is 2. The molecule has 0 saturated carbocycles. The van der Waals surface area contributed by atoms with Crippen LogP contribution in [0.3, 0.4) is 0 Å². The van der Waals surface area contributed by atoms with Crippen LogP contribution in [0.2, 0.25) is 0 Å². The smallest absolute Gasteiger partial charge is 0.162 e. The maximum absolute atomic E-state index is 12.1. The van der Waals surface area contributed by atoms with Crippen molar-refractivity contribution in [3.8, 4) is 16.5 Å². The van der Waals surface area contributed by atoms with E-state index in [0.717, 1.165) is 33.5 Å². The average Bonchev–Trinajstić information content (AvgIpc) is 3.42. The van der Waals surface area contributed by atoms with Crippen LogP contribution < -0.4 is 4.74 Å². The molecule has 154 valence electrons. The third-order valence-electron chi connectivity index (χ3n) is 5.14. The molecular formula is C21H24N2O4S2. The Bertz CT molecular complexity index is 1070. The van der Waals surface area contributed by atoms with Crippen LogP contribution in [0.25, 0.3) is 10.8 Å². The fourth-order valence-electron chi connectivity index (χ4n) is 3.59. The number of hydrogen-bond donors (Lipinski definition) is 0. The highest BCUT2D eigenvalue weighted by Crippen LogP contribution is 2.28. The minimum Gasteiger partial charge on any atom is -0.497 e. The summed E-state index contributed by atoms with van der Waals surface area (Å²) in [6.45, 7) is 3.18. The molecule has 1 aliphatic rings. The van der Waals surface area contributed by atoms with E-state index in [1.165, 1.54) is 0 Å². The SMILES string of the molecule is COc1ccc(CN(Cc2csc(-c3ccc(C)o3)n2)[C@H]2CCS(=O)(=O)C2)cc1. The van der Waals surface area contributed by atoms with Crippen LogP contribution in [0.5, 0.6) is 5.75 Å². The number of methoxy groups -OCH3 is 1. The lowest BCUT2D eigenvalue weighted by Crippen LogP contribution is -2.35. The number of aryl methyl sites for hydroxylation is 1. The van der Waals surface area contributed by atoms with Crippen molar-refractivity contribution in [1.82, 2.24) is 9.88 Å². The largest absolute Gasteiger partial charge is 0.497 e. The first-order valence-electron chi connectivity index (χ1n) is 9.50. The molecule has 1 atom stereocenters. The Labute approximate surface area is 175 Å². The Morgan fingerprint density at radius 1 is 1.21 bits per heavy atom. The Kier molecular flexibility index (Phi) is 5.76. The predicted octanol–water partition coefficient (Wildman–Crippen LogP) is 3.91. The monoisotopic (exact) mass is 432 g/mol. The zero-order valence-corrected chi connectivity index (χ0v) is 18.1. The van der Waals surface area contributed by atoms with Crippen molar-refractivity contribution in [1.29, 1.82) is 0 Å². The number of benzene rings is 1. The standard InChI is InChI=1S/C21H24N2O4S2/c1-15-3-8-20(27-15)21-22-17(13-28-21)12-23(18-9-10-29(24,25)14-18)11-16-4-6-19(26-2)7-5-16/h3-8,13,18H,9-12,14H2,1-2H3/t18-/m0/s1. The molecule has 0 spiro atoms. The highest BCUT2D eigenvalue weighted by Gasteiger charge is 2.32. The van der Waals surface area contributed by atoms with E-state index in [1.54, 1.807) is 18.4 Å². The van der Waals surface area contributed by atoms with Crippen molar-refractivity contribution in [2.24, 2.45) is 0 Å². The van der Waals surface area contributed by atoms with Crippen molar-refractivity contribution < 1.29 is 17.6 Å². The van der Waals surface area contributed by atoms with Gasteiger partial charge in [-0.1, -0.05) is 12.1 Å². The summed E-state index contributed by atoms with van der Waals surface area (Å²) in [5.41, 5.74) is 2.05. The van der Waals surface area contributed by atoms with Crippen LogP contribution in [0.1, 0.15) is 23.4 Å². The van der Waals surface area contributed by atoms with Gasteiger partial charge in [0.1, 0.15) is 11.5 Å². The van der Waals surface area contributed by atoms with Crippen LogP contribution in [-0.2, 0) is 22.9 Å². The first-order valence-corrected chi connectivity index (χ1v) is 12.2. The van der Waals surface area contributed by atoms with Gasteiger partial charge < -0.3 is 9.15 Å². The van der Waals surface area contributed by atoms with Gasteiger partial charge in [-0.25, -0.2) is 13.4 Å². The van der Waals surface area contributed by atoms with Gasteiger partial charge in [-0.15, -0.1) is 11.3 Å². The highest BCUT2D eigenvalue weighted by atomic mass is 32.2. The number of thiazole rings is 1. The Morgan fingerprint density at radius 3 is 2.62 bits per heavy atom. The first-order chi connectivity index (χ1) is 13.9. The van der Waals surface area contributed by atoms with E-state index in [4.69, 9.17) is 14.1 Å². The molecule has 0 N–H and O–H groups in total. The second-order valence-electron chi connectivity index (χ2n) is 7.36. The van der Waals surface area contributed by atoms with Gasteiger partial charge in [0.25, 0.3) is 0 Å². The Morgan fingerprint density at radius 2 is 2.00 bits per heavy atom. The fraction of sp³-hybridized carbons (Fsp3) is 0.381. The molecule has 0 unspecified atom stereocenters. The zero-order chi connectivity index (χ0) is 20.4. The Hall–Kier alpha value is -2.16. The van der Waals surface area contributed by atoms with Gasteiger partial charge in [0.15, 0.2) is 20.6 Å². The maximum Gasteiger partial charge on any atom is 0.162 e. The first kappa shape index (κ1) is 20.1. The van der Waals surface area contributed by atoms with Gasteiger partial charge in [-0.3, -0.25) is 4.90 Å². The van der Waals surface area contributed by atoms with E-state index < -0.39 is 9.84 Å². The van der Waals surface area contributed by atoms with E-state index in [-0.39, 0.29) is 17.5 Å².